The smallest absolute Gasteiger partial charge is 0.262 e. The summed E-state index contributed by atoms with van der Waals surface area (Å²) in [6.45, 7) is 4.69. The summed E-state index contributed by atoms with van der Waals surface area (Å²) < 4.78 is 6.10. The van der Waals surface area contributed by atoms with Crippen LogP contribution in [0.4, 0.5) is 11.5 Å². The standard InChI is InChI=1S/C37H40N8O7/c38-32-29(16-26(41-42-32)24-3-1-2-4-28(24)46)52-21-37-17-36(18-37,19-37)20-39-30(47)9-10-43-11-13-44(14-12-43)22-5-6-23-25(15-22)35(51)45(34(23)50)27-7-8-31(48)40-33(27)49/h1-6,15-16,27,46H,7-14,17-21H2,(H2,38,42)(H,39,47)(H,40,48,49). The summed E-state index contributed by atoms with van der Waals surface area (Å²) in [5, 5.41) is 23.7. The van der Waals surface area contributed by atoms with Gasteiger partial charge < -0.3 is 25.8 Å². The molecule has 15 heteroatoms. The first-order valence-corrected chi connectivity index (χ1v) is 17.7. The van der Waals surface area contributed by atoms with Crippen molar-refractivity contribution in [2.45, 2.75) is 44.6 Å². The number of piperazine rings is 1. The number of piperidine rings is 1. The van der Waals surface area contributed by atoms with Gasteiger partial charge in [-0.15, -0.1) is 10.2 Å². The van der Waals surface area contributed by atoms with Crippen LogP contribution in [0.25, 0.3) is 11.3 Å². The third-order valence-corrected chi connectivity index (χ3v) is 11.2. The van der Waals surface area contributed by atoms with Crippen LogP contribution in [0.2, 0.25) is 0 Å². The molecule has 52 heavy (non-hydrogen) atoms. The second-order valence-corrected chi connectivity index (χ2v) is 14.8. The lowest BCUT2D eigenvalue weighted by Crippen LogP contribution is -2.67. The maximum Gasteiger partial charge on any atom is 0.262 e. The molecule has 1 atom stereocenters. The number of hydrogen-bond donors (Lipinski definition) is 4. The Morgan fingerprint density at radius 3 is 2.44 bits per heavy atom. The molecule has 3 aliphatic carbocycles. The Hall–Kier alpha value is -5.57. The molecule has 0 radical (unpaired) electrons. The highest BCUT2D eigenvalue weighted by molar-refractivity contribution is 6.23. The van der Waals surface area contributed by atoms with E-state index in [9.17, 15) is 29.1 Å². The van der Waals surface area contributed by atoms with Crippen LogP contribution in [0.1, 0.15) is 59.2 Å². The average molecular weight is 709 g/mol. The maximum atomic E-state index is 13.2. The third-order valence-electron chi connectivity index (χ3n) is 11.2. The fraction of sp³-hybridized carbons (Fsp3) is 0.432. The normalized spacial score (nSPS) is 25.3. The van der Waals surface area contributed by atoms with Crippen molar-refractivity contribution >= 4 is 41.0 Å². The molecule has 5 amide bonds. The molecule has 2 saturated heterocycles. The number of nitrogens with one attached hydrogen (secondary N) is 2. The number of para-hydroxylation sites is 1. The summed E-state index contributed by atoms with van der Waals surface area (Å²) in [5.41, 5.74) is 8.62. The highest BCUT2D eigenvalue weighted by atomic mass is 16.5. The lowest BCUT2D eigenvalue weighted by atomic mass is 9.35. The van der Waals surface area contributed by atoms with E-state index in [1.165, 1.54) is 0 Å². The van der Waals surface area contributed by atoms with Crippen LogP contribution in [-0.2, 0) is 14.4 Å². The van der Waals surface area contributed by atoms with E-state index in [2.05, 4.69) is 30.6 Å². The number of aromatic nitrogens is 2. The average Bonchev–Trinajstić information content (AvgIpc) is 3.35. The maximum absolute atomic E-state index is 13.2. The number of imide groups is 2. The first-order valence-electron chi connectivity index (χ1n) is 17.7. The second-order valence-electron chi connectivity index (χ2n) is 14.8. The lowest BCUT2D eigenvalue weighted by molar-refractivity contribution is -0.215. The molecule has 5 N–H and O–H groups in total. The van der Waals surface area contributed by atoms with Gasteiger partial charge in [0.1, 0.15) is 17.5 Å². The number of ether oxygens (including phenoxy) is 1. The minimum Gasteiger partial charge on any atom is -0.507 e. The summed E-state index contributed by atoms with van der Waals surface area (Å²) >= 11 is 0. The Labute approximate surface area is 299 Å². The lowest BCUT2D eigenvalue weighted by Gasteiger charge is -2.70. The molecule has 2 bridgehead atoms. The van der Waals surface area contributed by atoms with Crippen molar-refractivity contribution < 1.29 is 33.8 Å². The second kappa shape index (κ2) is 12.9. The molecule has 3 aromatic rings. The SMILES string of the molecule is Nc1nnc(-c2ccccc2O)cc1OCC12CC(CNC(=O)CCN3CCN(c4ccc5c(c4)C(=O)N(C4CCC(=O)NC4=O)C5=O)CC3)(C1)C2. The fourth-order valence-corrected chi connectivity index (χ4v) is 8.64. The van der Waals surface area contributed by atoms with E-state index in [1.807, 2.05) is 12.1 Å². The summed E-state index contributed by atoms with van der Waals surface area (Å²) in [4.78, 5) is 68.4. The fourth-order valence-electron chi connectivity index (χ4n) is 8.64. The van der Waals surface area contributed by atoms with Crippen molar-refractivity contribution in [1.82, 2.24) is 30.6 Å². The van der Waals surface area contributed by atoms with E-state index in [1.54, 1.807) is 36.4 Å². The van der Waals surface area contributed by atoms with Crippen LogP contribution in [0.5, 0.6) is 11.5 Å². The van der Waals surface area contributed by atoms with Gasteiger partial charge >= 0.3 is 0 Å². The van der Waals surface area contributed by atoms with Gasteiger partial charge in [-0.25, -0.2) is 0 Å². The molecule has 2 aromatic carbocycles. The molecule has 1 aromatic heterocycles. The summed E-state index contributed by atoms with van der Waals surface area (Å²) in [5.74, 6) is -1.28. The van der Waals surface area contributed by atoms with E-state index >= 15 is 0 Å². The van der Waals surface area contributed by atoms with Gasteiger partial charge in [0.25, 0.3) is 11.8 Å². The Balaban J connectivity index is 0.757. The number of fused-ring (bicyclic) bond motifs is 1. The number of rotatable bonds is 11. The third kappa shape index (κ3) is 6.08. The van der Waals surface area contributed by atoms with Crippen LogP contribution >= 0.6 is 0 Å². The zero-order valence-electron chi connectivity index (χ0n) is 28.6. The molecular formula is C37H40N8O7. The Bertz CT molecular complexity index is 1970. The number of aromatic hydroxyl groups is 1. The van der Waals surface area contributed by atoms with Gasteiger partial charge in [-0.2, -0.15) is 0 Å². The number of benzene rings is 2. The number of hydrogen-bond acceptors (Lipinski definition) is 12. The topological polar surface area (TPSA) is 200 Å². The van der Waals surface area contributed by atoms with Gasteiger partial charge in [-0.3, -0.25) is 39.1 Å². The van der Waals surface area contributed by atoms with Gasteiger partial charge in [0, 0.05) is 74.8 Å². The van der Waals surface area contributed by atoms with Gasteiger partial charge in [-0.1, -0.05) is 12.1 Å². The van der Waals surface area contributed by atoms with Crippen LogP contribution in [0.3, 0.4) is 0 Å². The first kappa shape index (κ1) is 33.6. The van der Waals surface area contributed by atoms with Crippen LogP contribution in [-0.4, -0.2) is 107 Å². The van der Waals surface area contributed by atoms with Crippen LogP contribution in [0.15, 0.2) is 48.5 Å². The predicted octanol–water partition coefficient (Wildman–Crippen LogP) is 1.71. The number of nitrogens with two attached hydrogens (primary N) is 1. The van der Waals surface area contributed by atoms with Gasteiger partial charge in [0.2, 0.25) is 17.7 Å². The van der Waals surface area contributed by atoms with E-state index in [4.69, 9.17) is 10.5 Å². The number of carbonyl (C=O) groups excluding carboxylic acids is 5. The van der Waals surface area contributed by atoms with Crippen molar-refractivity contribution in [1.29, 1.82) is 0 Å². The van der Waals surface area contributed by atoms with Crippen molar-refractivity contribution in [2.24, 2.45) is 10.8 Å². The molecule has 15 nitrogen and oxygen atoms in total. The number of phenolic OH excluding ortho intramolecular Hbond substituents is 1. The van der Waals surface area contributed by atoms with Gasteiger partial charge in [0.05, 0.1) is 17.7 Å². The number of amides is 5. The van der Waals surface area contributed by atoms with E-state index in [-0.39, 0.29) is 52.3 Å². The molecule has 5 fully saturated rings. The van der Waals surface area contributed by atoms with E-state index < -0.39 is 29.7 Å². The molecule has 6 aliphatic rings. The molecule has 9 rings (SSSR count). The van der Waals surface area contributed by atoms with Crippen molar-refractivity contribution in [3.8, 4) is 22.8 Å². The van der Waals surface area contributed by atoms with Gasteiger partial charge in [-0.05, 0) is 61.4 Å². The van der Waals surface area contributed by atoms with E-state index in [0.717, 1.165) is 42.9 Å². The summed E-state index contributed by atoms with van der Waals surface area (Å²) in [7, 11) is 0. The minimum absolute atomic E-state index is 0.0344. The highest BCUT2D eigenvalue weighted by Crippen LogP contribution is 2.73. The van der Waals surface area contributed by atoms with Crippen LogP contribution < -0.4 is 26.0 Å². The largest absolute Gasteiger partial charge is 0.507 e. The minimum atomic E-state index is -0.992. The van der Waals surface area contributed by atoms with E-state index in [0.29, 0.717) is 56.2 Å². The monoisotopic (exact) mass is 708 g/mol. The van der Waals surface area contributed by atoms with Crippen molar-refractivity contribution in [3.63, 3.8) is 0 Å². The number of nitrogen functional groups attached to an aromatic ring is 1. The molecule has 3 aliphatic heterocycles. The molecule has 270 valence electrons. The Morgan fingerprint density at radius 2 is 1.69 bits per heavy atom. The Morgan fingerprint density at radius 1 is 0.942 bits per heavy atom. The number of anilines is 2. The molecule has 4 heterocycles. The predicted molar refractivity (Wildman–Crippen MR) is 187 cm³/mol. The number of carbonyl (C=O) groups is 5. The van der Waals surface area contributed by atoms with Crippen molar-refractivity contribution in [3.05, 3.63) is 59.7 Å². The molecule has 0 spiro atoms. The quantitative estimate of drug-likeness (QED) is 0.211. The number of nitrogens with zero attached hydrogens (tertiary/aromatic N) is 5. The molecule has 3 saturated carbocycles. The van der Waals surface area contributed by atoms with Crippen molar-refractivity contribution in [2.75, 3.05) is 56.5 Å². The summed E-state index contributed by atoms with van der Waals surface area (Å²) in [6, 6.07) is 12.8. The molecular weight excluding hydrogens is 668 g/mol. The van der Waals surface area contributed by atoms with Crippen LogP contribution in [0, 0.1) is 10.8 Å². The summed E-state index contributed by atoms with van der Waals surface area (Å²) in [6.07, 6.45) is 3.53. The Kier molecular flexibility index (Phi) is 8.32. The first-order chi connectivity index (χ1) is 25.0. The zero-order valence-corrected chi connectivity index (χ0v) is 28.6. The zero-order chi connectivity index (χ0) is 36.2. The highest BCUT2D eigenvalue weighted by Gasteiger charge is 2.67. The number of phenols is 1. The van der Waals surface area contributed by atoms with Gasteiger partial charge in [0.15, 0.2) is 11.6 Å². The molecule has 1 unspecified atom stereocenters.